The summed E-state index contributed by atoms with van der Waals surface area (Å²) in [6.07, 6.45) is 0. The molecule has 0 radical (unpaired) electrons. The van der Waals surface area contributed by atoms with Crippen LogP contribution in [0.15, 0.2) is 48.5 Å². The fraction of sp³-hybridized carbons (Fsp3) is 0.400. The number of benzene rings is 2. The third kappa shape index (κ3) is 2.92. The van der Waals surface area contributed by atoms with E-state index in [-0.39, 0.29) is 0 Å². The van der Waals surface area contributed by atoms with Crippen LogP contribution in [-0.4, -0.2) is 9.78 Å². The van der Waals surface area contributed by atoms with Crippen molar-refractivity contribution in [1.29, 1.82) is 0 Å². The molecule has 1 aliphatic rings. The van der Waals surface area contributed by atoms with Crippen LogP contribution in [0.1, 0.15) is 61.9 Å². The molecule has 27 heavy (non-hydrogen) atoms. The van der Waals surface area contributed by atoms with Crippen LogP contribution in [-0.2, 0) is 0 Å². The molecule has 0 spiro atoms. The first-order chi connectivity index (χ1) is 12.9. The second-order valence-corrected chi connectivity index (χ2v) is 8.56. The minimum absolute atomic E-state index is 0.485. The van der Waals surface area contributed by atoms with Crippen molar-refractivity contribution < 1.29 is 0 Å². The van der Waals surface area contributed by atoms with Crippen LogP contribution in [0.3, 0.4) is 0 Å². The van der Waals surface area contributed by atoms with Crippen molar-refractivity contribution in [2.24, 2.45) is 11.8 Å². The van der Waals surface area contributed by atoms with Gasteiger partial charge in [0.2, 0.25) is 0 Å². The number of hydrogen-bond acceptors (Lipinski definition) is 1. The van der Waals surface area contributed by atoms with Crippen LogP contribution in [0, 0.1) is 25.7 Å². The van der Waals surface area contributed by atoms with Gasteiger partial charge in [-0.25, -0.2) is 4.68 Å². The molecule has 0 saturated heterocycles. The highest BCUT2D eigenvalue weighted by Gasteiger charge is 2.39. The van der Waals surface area contributed by atoms with Gasteiger partial charge in [0.1, 0.15) is 0 Å². The standard InChI is InChI=1S/C25H30N2/c1-15-10-12-21(13-11-15)24-23-19(5)17(3)18(4)20(6)25(23)27(26-24)22-9-7-8-16(2)14-22/h7-14,17-20H,1-6H3. The number of hydrogen-bond donors (Lipinski definition) is 0. The van der Waals surface area contributed by atoms with E-state index in [0.29, 0.717) is 23.7 Å². The third-order valence-corrected chi connectivity index (χ3v) is 6.82. The van der Waals surface area contributed by atoms with Gasteiger partial charge in [-0.2, -0.15) is 5.10 Å². The van der Waals surface area contributed by atoms with Gasteiger partial charge in [0.15, 0.2) is 0 Å². The molecule has 2 nitrogen and oxygen atoms in total. The summed E-state index contributed by atoms with van der Waals surface area (Å²) < 4.78 is 2.22. The maximum Gasteiger partial charge on any atom is 0.0965 e. The van der Waals surface area contributed by atoms with Gasteiger partial charge in [-0.15, -0.1) is 0 Å². The smallest absolute Gasteiger partial charge is 0.0965 e. The average molecular weight is 359 g/mol. The molecule has 4 rings (SSSR count). The molecule has 0 bridgehead atoms. The first-order valence-electron chi connectivity index (χ1n) is 10.2. The Labute approximate surface area is 163 Å². The molecule has 0 amide bonds. The molecule has 140 valence electrons. The van der Waals surface area contributed by atoms with Crippen LogP contribution >= 0.6 is 0 Å². The van der Waals surface area contributed by atoms with E-state index in [4.69, 9.17) is 5.10 Å². The summed E-state index contributed by atoms with van der Waals surface area (Å²) >= 11 is 0. The van der Waals surface area contributed by atoms with E-state index in [1.165, 1.54) is 33.6 Å². The van der Waals surface area contributed by atoms with Crippen LogP contribution in [0.25, 0.3) is 16.9 Å². The number of rotatable bonds is 2. The highest BCUT2D eigenvalue weighted by Crippen LogP contribution is 2.49. The maximum atomic E-state index is 5.19. The molecule has 0 aliphatic heterocycles. The zero-order valence-corrected chi connectivity index (χ0v) is 17.3. The minimum atomic E-state index is 0.485. The van der Waals surface area contributed by atoms with Crippen molar-refractivity contribution in [3.63, 3.8) is 0 Å². The van der Waals surface area contributed by atoms with Gasteiger partial charge < -0.3 is 0 Å². The van der Waals surface area contributed by atoms with Gasteiger partial charge in [-0.3, -0.25) is 0 Å². The van der Waals surface area contributed by atoms with Crippen molar-refractivity contribution in [1.82, 2.24) is 9.78 Å². The lowest BCUT2D eigenvalue weighted by Crippen LogP contribution is -2.28. The largest absolute Gasteiger partial charge is 0.237 e. The molecule has 1 aliphatic carbocycles. The third-order valence-electron chi connectivity index (χ3n) is 6.82. The summed E-state index contributed by atoms with van der Waals surface area (Å²) in [7, 11) is 0. The predicted molar refractivity (Wildman–Crippen MR) is 114 cm³/mol. The van der Waals surface area contributed by atoms with Crippen LogP contribution < -0.4 is 0 Å². The molecule has 0 saturated carbocycles. The second-order valence-electron chi connectivity index (χ2n) is 8.56. The van der Waals surface area contributed by atoms with Crippen LogP contribution in [0.2, 0.25) is 0 Å². The van der Waals surface area contributed by atoms with E-state index >= 15 is 0 Å². The topological polar surface area (TPSA) is 17.8 Å². The Morgan fingerprint density at radius 3 is 2.11 bits per heavy atom. The van der Waals surface area contributed by atoms with Gasteiger partial charge in [0.05, 0.1) is 17.1 Å². The quantitative estimate of drug-likeness (QED) is 0.501. The number of aryl methyl sites for hydroxylation is 2. The summed E-state index contributed by atoms with van der Waals surface area (Å²) in [5.74, 6) is 2.27. The van der Waals surface area contributed by atoms with Gasteiger partial charge in [-0.1, -0.05) is 69.7 Å². The van der Waals surface area contributed by atoms with Crippen molar-refractivity contribution in [3.05, 3.63) is 70.9 Å². The lowest BCUT2D eigenvalue weighted by molar-refractivity contribution is 0.268. The van der Waals surface area contributed by atoms with Crippen molar-refractivity contribution in [2.45, 2.75) is 53.4 Å². The van der Waals surface area contributed by atoms with E-state index in [9.17, 15) is 0 Å². The van der Waals surface area contributed by atoms with E-state index < -0.39 is 0 Å². The Morgan fingerprint density at radius 2 is 1.44 bits per heavy atom. The molecule has 0 fully saturated rings. The number of fused-ring (bicyclic) bond motifs is 1. The lowest BCUT2D eigenvalue weighted by atomic mass is 9.67. The summed E-state index contributed by atoms with van der Waals surface area (Å²) in [5.41, 5.74) is 8.95. The Morgan fingerprint density at radius 1 is 0.778 bits per heavy atom. The predicted octanol–water partition coefficient (Wildman–Crippen LogP) is 6.65. The van der Waals surface area contributed by atoms with E-state index in [0.717, 1.165) is 5.69 Å². The van der Waals surface area contributed by atoms with E-state index in [1.54, 1.807) is 0 Å². The molecule has 1 heterocycles. The first kappa shape index (κ1) is 18.0. The monoisotopic (exact) mass is 358 g/mol. The fourth-order valence-electron chi connectivity index (χ4n) is 4.63. The van der Waals surface area contributed by atoms with Gasteiger partial charge in [-0.05, 0) is 49.3 Å². The zero-order chi connectivity index (χ0) is 19.3. The van der Waals surface area contributed by atoms with Crippen molar-refractivity contribution in [3.8, 4) is 16.9 Å². The second kappa shape index (κ2) is 6.67. The molecular formula is C25H30N2. The summed E-state index contributed by atoms with van der Waals surface area (Å²) in [6, 6.07) is 17.5. The molecular weight excluding hydrogens is 328 g/mol. The van der Waals surface area contributed by atoms with E-state index in [2.05, 4.69) is 94.8 Å². The Hall–Kier alpha value is -2.35. The minimum Gasteiger partial charge on any atom is -0.237 e. The highest BCUT2D eigenvalue weighted by molar-refractivity contribution is 5.67. The summed E-state index contributed by atoms with van der Waals surface area (Å²) in [5, 5.41) is 5.19. The van der Waals surface area contributed by atoms with Crippen molar-refractivity contribution >= 4 is 0 Å². The normalized spacial score (nSPS) is 24.7. The molecule has 2 heteroatoms. The Bertz CT molecular complexity index is 964. The van der Waals surface area contributed by atoms with Gasteiger partial charge >= 0.3 is 0 Å². The van der Waals surface area contributed by atoms with Crippen LogP contribution in [0.5, 0.6) is 0 Å². The zero-order valence-electron chi connectivity index (χ0n) is 17.3. The molecule has 0 N–H and O–H groups in total. The Kier molecular flexibility index (Phi) is 4.46. The molecule has 3 aromatic rings. The Balaban J connectivity index is 2.00. The maximum absolute atomic E-state index is 5.19. The first-order valence-corrected chi connectivity index (χ1v) is 10.2. The molecule has 4 unspecified atom stereocenters. The molecule has 1 aromatic heterocycles. The molecule has 4 atom stereocenters. The van der Waals surface area contributed by atoms with Crippen molar-refractivity contribution in [2.75, 3.05) is 0 Å². The highest BCUT2D eigenvalue weighted by atomic mass is 15.3. The summed E-state index contributed by atoms with van der Waals surface area (Å²) in [4.78, 5) is 0. The molecule has 2 aromatic carbocycles. The number of nitrogens with zero attached hydrogens (tertiary/aromatic N) is 2. The number of aromatic nitrogens is 2. The van der Waals surface area contributed by atoms with Crippen LogP contribution in [0.4, 0.5) is 0 Å². The fourth-order valence-corrected chi connectivity index (χ4v) is 4.63. The SMILES string of the molecule is Cc1ccc(-c2nn(-c3cccc(C)c3)c3c2C(C)C(C)C(C)C3C)cc1. The van der Waals surface area contributed by atoms with Gasteiger partial charge in [0, 0.05) is 17.0 Å². The van der Waals surface area contributed by atoms with Gasteiger partial charge in [0.25, 0.3) is 0 Å². The lowest BCUT2D eigenvalue weighted by Gasteiger charge is -2.37. The average Bonchev–Trinajstić information content (AvgIpc) is 3.06. The summed E-state index contributed by atoms with van der Waals surface area (Å²) in [6.45, 7) is 13.8. The van der Waals surface area contributed by atoms with E-state index in [1.807, 2.05) is 0 Å².